The zero-order chi connectivity index (χ0) is 13.2. The van der Waals surface area contributed by atoms with Crippen molar-refractivity contribution in [3.05, 3.63) is 38.9 Å². The minimum absolute atomic E-state index is 0.0435. The molecule has 0 spiro atoms. The molecule has 0 heterocycles. The Morgan fingerprint density at radius 3 is 2.53 bits per heavy atom. The number of alkyl halides is 3. The fourth-order valence-electron chi connectivity index (χ4n) is 1.20. The van der Waals surface area contributed by atoms with Crippen LogP contribution in [0.2, 0.25) is 5.02 Å². The molecule has 0 saturated carbocycles. The number of hydrogen-bond acceptors (Lipinski definition) is 3. The molecule has 94 valence electrons. The third kappa shape index (κ3) is 3.57. The van der Waals surface area contributed by atoms with Gasteiger partial charge < -0.3 is 5.11 Å². The van der Waals surface area contributed by atoms with E-state index in [4.69, 9.17) is 16.7 Å². The molecule has 4 nitrogen and oxygen atoms in total. The van der Waals surface area contributed by atoms with Crippen LogP contribution < -0.4 is 0 Å². The summed E-state index contributed by atoms with van der Waals surface area (Å²) in [5.41, 5.74) is -0.759. The molecule has 1 atom stereocenters. The second-order valence-corrected chi connectivity index (χ2v) is 3.73. The highest BCUT2D eigenvalue weighted by Gasteiger charge is 2.39. The lowest BCUT2D eigenvalue weighted by molar-refractivity contribution is -0.385. The van der Waals surface area contributed by atoms with E-state index in [1.165, 1.54) is 6.07 Å². The highest BCUT2D eigenvalue weighted by molar-refractivity contribution is 6.30. The number of nitrogens with zero attached hydrogens (tertiary/aromatic N) is 1. The normalized spacial score (nSPS) is 13.5. The molecule has 1 rings (SSSR count). The molecule has 17 heavy (non-hydrogen) atoms. The van der Waals surface area contributed by atoms with Gasteiger partial charge in [0.05, 0.1) is 4.92 Å². The van der Waals surface area contributed by atoms with Gasteiger partial charge in [-0.1, -0.05) is 17.7 Å². The third-order valence-electron chi connectivity index (χ3n) is 2.04. The van der Waals surface area contributed by atoms with E-state index in [9.17, 15) is 23.3 Å². The second kappa shape index (κ2) is 4.89. The highest BCUT2D eigenvalue weighted by atomic mass is 35.5. The van der Waals surface area contributed by atoms with Crippen molar-refractivity contribution in [2.45, 2.75) is 18.7 Å². The number of aliphatic hydroxyl groups is 1. The Labute approximate surface area is 98.8 Å². The summed E-state index contributed by atoms with van der Waals surface area (Å²) in [6.45, 7) is 0. The molecule has 0 bridgehead atoms. The van der Waals surface area contributed by atoms with Gasteiger partial charge in [-0.15, -0.1) is 0 Å². The van der Waals surface area contributed by atoms with Gasteiger partial charge in [0.1, 0.15) is 0 Å². The molecular formula is C9H7ClF3NO3. The fraction of sp³-hybridized carbons (Fsp3) is 0.333. The Bertz CT molecular complexity index is 436. The molecule has 1 aromatic rings. The maximum atomic E-state index is 12.1. The smallest absolute Gasteiger partial charge is 0.383 e. The van der Waals surface area contributed by atoms with Crippen LogP contribution in [0.3, 0.4) is 0 Å². The van der Waals surface area contributed by atoms with Gasteiger partial charge >= 0.3 is 6.18 Å². The van der Waals surface area contributed by atoms with E-state index in [0.717, 1.165) is 12.1 Å². The summed E-state index contributed by atoms with van der Waals surface area (Å²) >= 11 is 5.50. The van der Waals surface area contributed by atoms with Crippen LogP contribution in [0, 0.1) is 10.1 Å². The standard InChI is InChI=1S/C9H7ClF3NO3/c10-6-2-1-5(7(4-6)14(16)17)3-8(15)9(11,12)13/h1-2,4,8,15H,3H2. The Morgan fingerprint density at radius 2 is 2.06 bits per heavy atom. The second-order valence-electron chi connectivity index (χ2n) is 3.29. The Morgan fingerprint density at radius 1 is 1.47 bits per heavy atom. The van der Waals surface area contributed by atoms with Crippen molar-refractivity contribution in [3.8, 4) is 0 Å². The lowest BCUT2D eigenvalue weighted by Crippen LogP contribution is -2.30. The summed E-state index contributed by atoms with van der Waals surface area (Å²) < 4.78 is 36.3. The van der Waals surface area contributed by atoms with Crippen LogP contribution >= 0.6 is 11.6 Å². The molecule has 1 N–H and O–H groups in total. The monoisotopic (exact) mass is 269 g/mol. The average Bonchev–Trinajstić information content (AvgIpc) is 2.18. The zero-order valence-corrected chi connectivity index (χ0v) is 9.00. The quantitative estimate of drug-likeness (QED) is 0.678. The number of benzene rings is 1. The number of aliphatic hydroxyl groups excluding tert-OH is 1. The molecule has 0 aliphatic rings. The maximum absolute atomic E-state index is 12.1. The largest absolute Gasteiger partial charge is 0.414 e. The summed E-state index contributed by atoms with van der Waals surface area (Å²) in [5.74, 6) is 0. The summed E-state index contributed by atoms with van der Waals surface area (Å²) in [5, 5.41) is 19.5. The first-order chi connectivity index (χ1) is 7.71. The molecular weight excluding hydrogens is 263 g/mol. The van der Waals surface area contributed by atoms with E-state index < -0.39 is 29.3 Å². The van der Waals surface area contributed by atoms with Crippen LogP contribution in [-0.4, -0.2) is 22.3 Å². The van der Waals surface area contributed by atoms with E-state index >= 15 is 0 Å². The van der Waals surface area contributed by atoms with Crippen LogP contribution in [0.5, 0.6) is 0 Å². The average molecular weight is 270 g/mol. The van der Waals surface area contributed by atoms with Gasteiger partial charge in [0.2, 0.25) is 0 Å². The van der Waals surface area contributed by atoms with Crippen molar-refractivity contribution in [2.75, 3.05) is 0 Å². The number of halogens is 4. The Kier molecular flexibility index (Phi) is 3.94. The summed E-state index contributed by atoms with van der Waals surface area (Å²) in [4.78, 5) is 9.75. The Balaban J connectivity index is 3.03. The van der Waals surface area contributed by atoms with Crippen molar-refractivity contribution >= 4 is 17.3 Å². The highest BCUT2D eigenvalue weighted by Crippen LogP contribution is 2.28. The third-order valence-corrected chi connectivity index (χ3v) is 2.27. The number of rotatable bonds is 3. The van der Waals surface area contributed by atoms with Gasteiger partial charge in [0.25, 0.3) is 5.69 Å². The van der Waals surface area contributed by atoms with Crippen LogP contribution in [0.1, 0.15) is 5.56 Å². The molecule has 0 amide bonds. The first kappa shape index (κ1) is 13.7. The van der Waals surface area contributed by atoms with Crippen molar-refractivity contribution in [3.63, 3.8) is 0 Å². The summed E-state index contributed by atoms with van der Waals surface area (Å²) in [6.07, 6.45) is -8.33. The summed E-state index contributed by atoms with van der Waals surface area (Å²) in [6, 6.07) is 3.27. The molecule has 0 fully saturated rings. The van der Waals surface area contributed by atoms with Gasteiger partial charge in [-0.2, -0.15) is 13.2 Å². The minimum Gasteiger partial charge on any atom is -0.383 e. The van der Waals surface area contributed by atoms with Crippen molar-refractivity contribution in [2.24, 2.45) is 0 Å². The van der Waals surface area contributed by atoms with Gasteiger partial charge in [0, 0.05) is 23.1 Å². The molecule has 1 aromatic carbocycles. The first-order valence-electron chi connectivity index (χ1n) is 4.39. The van der Waals surface area contributed by atoms with Crippen LogP contribution in [0.4, 0.5) is 18.9 Å². The maximum Gasteiger partial charge on any atom is 0.414 e. The topological polar surface area (TPSA) is 63.4 Å². The molecule has 0 aromatic heterocycles. The van der Waals surface area contributed by atoms with Gasteiger partial charge in [-0.05, 0) is 6.07 Å². The van der Waals surface area contributed by atoms with Gasteiger partial charge in [0.15, 0.2) is 6.10 Å². The summed E-state index contributed by atoms with van der Waals surface area (Å²) in [7, 11) is 0. The molecule has 8 heteroatoms. The van der Waals surface area contributed by atoms with Crippen LogP contribution in [0.25, 0.3) is 0 Å². The number of nitro groups is 1. The molecule has 0 aliphatic heterocycles. The molecule has 0 aliphatic carbocycles. The van der Waals surface area contributed by atoms with Crippen molar-refractivity contribution in [1.29, 1.82) is 0 Å². The number of nitro benzene ring substituents is 1. The van der Waals surface area contributed by atoms with E-state index in [2.05, 4.69) is 0 Å². The van der Waals surface area contributed by atoms with E-state index in [1.54, 1.807) is 0 Å². The van der Waals surface area contributed by atoms with E-state index in [0.29, 0.717) is 0 Å². The SMILES string of the molecule is O=[N+]([O-])c1cc(Cl)ccc1CC(O)C(F)(F)F. The molecule has 0 radical (unpaired) electrons. The molecule has 1 unspecified atom stereocenters. The van der Waals surface area contributed by atoms with Crippen LogP contribution in [-0.2, 0) is 6.42 Å². The van der Waals surface area contributed by atoms with Crippen molar-refractivity contribution in [1.82, 2.24) is 0 Å². The van der Waals surface area contributed by atoms with E-state index in [-0.39, 0.29) is 10.6 Å². The van der Waals surface area contributed by atoms with Gasteiger partial charge in [-0.25, -0.2) is 0 Å². The molecule has 0 saturated heterocycles. The van der Waals surface area contributed by atoms with E-state index in [1.807, 2.05) is 0 Å². The number of hydrogen-bond donors (Lipinski definition) is 1. The van der Waals surface area contributed by atoms with Crippen LogP contribution in [0.15, 0.2) is 18.2 Å². The minimum atomic E-state index is -4.81. The first-order valence-corrected chi connectivity index (χ1v) is 4.77. The van der Waals surface area contributed by atoms with Crippen molar-refractivity contribution < 1.29 is 23.2 Å². The lowest BCUT2D eigenvalue weighted by Gasteiger charge is -2.14. The predicted molar refractivity (Wildman–Crippen MR) is 53.9 cm³/mol. The van der Waals surface area contributed by atoms with Gasteiger partial charge in [-0.3, -0.25) is 10.1 Å². The lowest BCUT2D eigenvalue weighted by atomic mass is 10.1. The predicted octanol–water partition coefficient (Wildman–Crippen LogP) is 2.71. The zero-order valence-electron chi connectivity index (χ0n) is 8.24. The Hall–Kier alpha value is -1.34. The fourth-order valence-corrected chi connectivity index (χ4v) is 1.37.